The molecule has 1 rings (SSSR count). The molecule has 0 bridgehead atoms. The van der Waals surface area contributed by atoms with Crippen LogP contribution in [0.4, 0.5) is 0 Å². The van der Waals surface area contributed by atoms with E-state index < -0.39 is 0 Å². The Morgan fingerprint density at radius 3 is 2.78 bits per heavy atom. The Bertz CT molecular complexity index is 95.1. The fraction of sp³-hybridized carbons (Fsp3) is 0.857. The smallest absolute Gasteiger partial charge is 0.0727 e. The highest BCUT2D eigenvalue weighted by Gasteiger charge is 2.15. The van der Waals surface area contributed by atoms with E-state index in [0.717, 1.165) is 19.4 Å². The molecule has 2 nitrogen and oxygen atoms in total. The third-order valence-electron chi connectivity index (χ3n) is 1.74. The van der Waals surface area contributed by atoms with Crippen LogP contribution in [0, 0.1) is 0 Å². The summed E-state index contributed by atoms with van der Waals surface area (Å²) in [7, 11) is 0. The molecule has 9 heavy (non-hydrogen) atoms. The van der Waals surface area contributed by atoms with Gasteiger partial charge in [-0.2, -0.15) is 0 Å². The van der Waals surface area contributed by atoms with Crippen LogP contribution in [0.2, 0.25) is 0 Å². The monoisotopic (exact) mass is 127 g/mol. The second kappa shape index (κ2) is 2.97. The summed E-state index contributed by atoms with van der Waals surface area (Å²) in [6.07, 6.45) is 2.71. The van der Waals surface area contributed by atoms with Crippen LogP contribution >= 0.6 is 0 Å². The Labute approximate surface area is 55.9 Å². The maximum atomic E-state index is 5.35. The molecule has 0 aromatic carbocycles. The summed E-state index contributed by atoms with van der Waals surface area (Å²) in [6, 6.07) is 0.362. The Balaban J connectivity index is 2.26. The van der Waals surface area contributed by atoms with E-state index in [1.165, 1.54) is 0 Å². The van der Waals surface area contributed by atoms with Crippen LogP contribution in [0.5, 0.6) is 0 Å². The van der Waals surface area contributed by atoms with Crippen LogP contribution < -0.4 is 0 Å². The highest BCUT2D eigenvalue weighted by molar-refractivity contribution is 5.24. The molecule has 0 aromatic rings. The van der Waals surface area contributed by atoms with Gasteiger partial charge in [-0.3, -0.25) is 4.99 Å². The Hall–Kier alpha value is -0.370. The van der Waals surface area contributed by atoms with Crippen molar-refractivity contribution >= 4 is 6.72 Å². The van der Waals surface area contributed by atoms with Crippen molar-refractivity contribution < 1.29 is 4.74 Å². The van der Waals surface area contributed by atoms with Crippen molar-refractivity contribution in [1.82, 2.24) is 0 Å². The first kappa shape index (κ1) is 6.75. The van der Waals surface area contributed by atoms with Gasteiger partial charge in [0.1, 0.15) is 0 Å². The van der Waals surface area contributed by atoms with Gasteiger partial charge in [-0.1, -0.05) is 0 Å². The van der Waals surface area contributed by atoms with Crippen molar-refractivity contribution in [1.29, 1.82) is 0 Å². The van der Waals surface area contributed by atoms with Gasteiger partial charge in [0.05, 0.1) is 18.8 Å². The number of ether oxygens (including phenoxy) is 1. The zero-order valence-corrected chi connectivity index (χ0v) is 5.84. The number of hydrogen-bond acceptors (Lipinski definition) is 2. The summed E-state index contributed by atoms with van der Waals surface area (Å²) < 4.78 is 5.35. The predicted molar refractivity (Wildman–Crippen MR) is 38.0 cm³/mol. The van der Waals surface area contributed by atoms with E-state index in [-0.39, 0.29) is 0 Å². The standard InChI is InChI=1S/C7H13NO/c1-6-3-4-7(8-2)5-9-6/h6-7H,2-5H2,1H3. The second-order valence-electron chi connectivity index (χ2n) is 2.56. The van der Waals surface area contributed by atoms with Gasteiger partial charge < -0.3 is 4.74 Å². The third kappa shape index (κ3) is 1.79. The Morgan fingerprint density at radius 2 is 2.33 bits per heavy atom. The Kier molecular flexibility index (Phi) is 2.22. The molecule has 1 fully saturated rings. The molecule has 0 N–H and O–H groups in total. The van der Waals surface area contributed by atoms with Gasteiger partial charge in [0.15, 0.2) is 0 Å². The van der Waals surface area contributed by atoms with Crippen LogP contribution in [0.1, 0.15) is 19.8 Å². The highest BCUT2D eigenvalue weighted by Crippen LogP contribution is 2.14. The normalized spacial score (nSPS) is 36.1. The molecule has 2 unspecified atom stereocenters. The van der Waals surface area contributed by atoms with E-state index >= 15 is 0 Å². The van der Waals surface area contributed by atoms with Crippen LogP contribution in [-0.2, 0) is 4.74 Å². The summed E-state index contributed by atoms with van der Waals surface area (Å²) in [5.41, 5.74) is 0. The average molecular weight is 127 g/mol. The molecule has 0 aromatic heterocycles. The van der Waals surface area contributed by atoms with Crippen molar-refractivity contribution in [3.63, 3.8) is 0 Å². The van der Waals surface area contributed by atoms with E-state index in [9.17, 15) is 0 Å². The molecule has 1 heterocycles. The summed E-state index contributed by atoms with van der Waals surface area (Å²) in [6.45, 7) is 6.34. The van der Waals surface area contributed by atoms with Gasteiger partial charge in [0.2, 0.25) is 0 Å². The lowest BCUT2D eigenvalue weighted by molar-refractivity contribution is 0.0179. The summed E-state index contributed by atoms with van der Waals surface area (Å²) in [5.74, 6) is 0. The van der Waals surface area contributed by atoms with Crippen LogP contribution in [0.15, 0.2) is 4.99 Å². The molecule has 0 aliphatic carbocycles. The first-order valence-corrected chi connectivity index (χ1v) is 3.40. The van der Waals surface area contributed by atoms with E-state index in [1.807, 2.05) is 0 Å². The summed E-state index contributed by atoms with van der Waals surface area (Å²) in [5, 5.41) is 0. The van der Waals surface area contributed by atoms with Gasteiger partial charge in [-0.05, 0) is 26.5 Å². The zero-order valence-electron chi connectivity index (χ0n) is 5.84. The lowest BCUT2D eigenvalue weighted by Gasteiger charge is -2.23. The molecular weight excluding hydrogens is 114 g/mol. The fourth-order valence-corrected chi connectivity index (χ4v) is 1.01. The predicted octanol–water partition coefficient (Wildman–Crippen LogP) is 1.25. The maximum Gasteiger partial charge on any atom is 0.0727 e. The van der Waals surface area contributed by atoms with E-state index in [0.29, 0.717) is 12.1 Å². The van der Waals surface area contributed by atoms with Gasteiger partial charge in [0.25, 0.3) is 0 Å². The van der Waals surface area contributed by atoms with Crippen LogP contribution in [-0.4, -0.2) is 25.5 Å². The first-order valence-electron chi connectivity index (χ1n) is 3.40. The minimum absolute atomic E-state index is 0.362. The molecule has 52 valence electrons. The molecule has 0 amide bonds. The van der Waals surface area contributed by atoms with Gasteiger partial charge in [-0.25, -0.2) is 0 Å². The lowest BCUT2D eigenvalue weighted by atomic mass is 10.1. The van der Waals surface area contributed by atoms with E-state index in [2.05, 4.69) is 18.6 Å². The first-order chi connectivity index (χ1) is 4.33. The molecular formula is C7H13NO. The lowest BCUT2D eigenvalue weighted by Crippen LogP contribution is -2.25. The number of hydrogen-bond donors (Lipinski definition) is 0. The minimum atomic E-state index is 0.362. The minimum Gasteiger partial charge on any atom is -0.376 e. The topological polar surface area (TPSA) is 21.6 Å². The van der Waals surface area contributed by atoms with Gasteiger partial charge in [-0.15, -0.1) is 0 Å². The molecule has 1 aliphatic rings. The highest BCUT2D eigenvalue weighted by atomic mass is 16.5. The molecule has 1 aliphatic heterocycles. The van der Waals surface area contributed by atoms with Crippen molar-refractivity contribution in [2.75, 3.05) is 6.61 Å². The quantitative estimate of drug-likeness (QED) is 0.486. The van der Waals surface area contributed by atoms with Gasteiger partial charge >= 0.3 is 0 Å². The van der Waals surface area contributed by atoms with Gasteiger partial charge in [0, 0.05) is 0 Å². The third-order valence-corrected chi connectivity index (χ3v) is 1.74. The summed E-state index contributed by atoms with van der Waals surface area (Å²) >= 11 is 0. The SMILES string of the molecule is C=NC1CCC(C)OC1. The van der Waals surface area contributed by atoms with Crippen LogP contribution in [0.3, 0.4) is 0 Å². The molecule has 2 atom stereocenters. The number of aliphatic imine (C=N–C) groups is 1. The van der Waals surface area contributed by atoms with Crippen molar-refractivity contribution in [2.45, 2.75) is 31.9 Å². The summed E-state index contributed by atoms with van der Waals surface area (Å²) in [4.78, 5) is 3.91. The molecule has 0 saturated carbocycles. The Morgan fingerprint density at radius 1 is 1.56 bits per heavy atom. The van der Waals surface area contributed by atoms with Crippen LogP contribution in [0.25, 0.3) is 0 Å². The van der Waals surface area contributed by atoms with Crippen molar-refractivity contribution in [3.8, 4) is 0 Å². The largest absolute Gasteiger partial charge is 0.376 e. The molecule has 2 heteroatoms. The number of nitrogens with zero attached hydrogens (tertiary/aromatic N) is 1. The second-order valence-corrected chi connectivity index (χ2v) is 2.56. The molecule has 0 spiro atoms. The molecule has 0 radical (unpaired) electrons. The van der Waals surface area contributed by atoms with E-state index in [1.54, 1.807) is 0 Å². The van der Waals surface area contributed by atoms with Crippen molar-refractivity contribution in [2.24, 2.45) is 4.99 Å². The number of rotatable bonds is 1. The maximum absolute atomic E-state index is 5.35. The molecule has 1 saturated heterocycles. The van der Waals surface area contributed by atoms with Crippen molar-refractivity contribution in [3.05, 3.63) is 0 Å². The zero-order chi connectivity index (χ0) is 6.69. The van der Waals surface area contributed by atoms with E-state index in [4.69, 9.17) is 4.74 Å². The fourth-order valence-electron chi connectivity index (χ4n) is 1.01. The average Bonchev–Trinajstić information content (AvgIpc) is 1.90.